The van der Waals surface area contributed by atoms with E-state index >= 15 is 0 Å². The molecule has 0 saturated carbocycles. The Morgan fingerprint density at radius 1 is 0.769 bits per heavy atom. The lowest BCUT2D eigenvalue weighted by molar-refractivity contribution is -0.385. The first kappa shape index (κ1) is 36.1. The third kappa shape index (κ3) is 8.16. The fourth-order valence-electron chi connectivity index (χ4n) is 4.95. The molecule has 0 aliphatic carbocycles. The van der Waals surface area contributed by atoms with Crippen LogP contribution >= 0.6 is 0 Å². The highest BCUT2D eigenvalue weighted by Crippen LogP contribution is 2.32. The SMILES string of the molecule is Cc1nn([C@@H]2C[C@H](OC(=O)c3ccc([N+](=O)[O-])cc3)[C@H](OC(=O)c3ccc([N+](=O)[O-])cc3)[C@H](COC(=O)c3ccc([N+](=O)[O-])cc3)O2)c(=O)[nH]c1=O. The number of non-ortho nitro benzene ring substituents is 3. The Hall–Kier alpha value is -7.16. The Bertz CT molecular complexity index is 2170. The summed E-state index contributed by atoms with van der Waals surface area (Å²) in [5.74, 6) is -3.15. The van der Waals surface area contributed by atoms with Crippen LogP contribution in [0, 0.1) is 37.3 Å². The number of nitrogens with one attached hydrogen (secondary N) is 1. The number of H-pyrrole nitrogens is 1. The quantitative estimate of drug-likeness (QED) is 0.101. The fraction of sp³-hybridized carbons (Fsp3) is 0.226. The number of nitro groups is 3. The molecule has 0 amide bonds. The Morgan fingerprint density at radius 2 is 1.21 bits per heavy atom. The second-order valence-corrected chi connectivity index (χ2v) is 11.0. The van der Waals surface area contributed by atoms with Gasteiger partial charge in [0.15, 0.2) is 12.3 Å². The van der Waals surface area contributed by atoms with Crippen LogP contribution in [0.2, 0.25) is 0 Å². The zero-order valence-corrected chi connectivity index (χ0v) is 26.5. The molecule has 0 radical (unpaired) electrons. The van der Waals surface area contributed by atoms with E-state index in [-0.39, 0.29) is 39.4 Å². The van der Waals surface area contributed by atoms with E-state index < -0.39 is 81.5 Å². The van der Waals surface area contributed by atoms with Gasteiger partial charge in [0, 0.05) is 42.8 Å². The predicted molar refractivity (Wildman–Crippen MR) is 170 cm³/mol. The van der Waals surface area contributed by atoms with E-state index in [2.05, 4.69) is 10.1 Å². The molecule has 1 N–H and O–H groups in total. The normalized spacial score (nSPS) is 18.1. The van der Waals surface area contributed by atoms with E-state index in [1.807, 2.05) is 0 Å². The lowest BCUT2D eigenvalue weighted by Crippen LogP contribution is -2.54. The fourth-order valence-corrected chi connectivity index (χ4v) is 4.95. The van der Waals surface area contributed by atoms with Crippen molar-refractivity contribution < 1.29 is 48.1 Å². The van der Waals surface area contributed by atoms with E-state index in [9.17, 15) is 54.3 Å². The molecule has 0 spiro atoms. The van der Waals surface area contributed by atoms with E-state index in [0.717, 1.165) is 77.5 Å². The van der Waals surface area contributed by atoms with Crippen molar-refractivity contribution in [2.45, 2.75) is 37.9 Å². The largest absolute Gasteiger partial charge is 0.459 e. The minimum Gasteiger partial charge on any atom is -0.459 e. The van der Waals surface area contributed by atoms with Crippen molar-refractivity contribution >= 4 is 35.0 Å². The van der Waals surface area contributed by atoms with Gasteiger partial charge in [0.2, 0.25) is 0 Å². The lowest BCUT2D eigenvalue weighted by atomic mass is 9.99. The summed E-state index contributed by atoms with van der Waals surface area (Å²) in [7, 11) is 0. The van der Waals surface area contributed by atoms with Crippen molar-refractivity contribution in [3.05, 3.63) is 146 Å². The second kappa shape index (κ2) is 15.2. The van der Waals surface area contributed by atoms with Gasteiger partial charge in [0.05, 0.1) is 31.5 Å². The summed E-state index contributed by atoms with van der Waals surface area (Å²) in [5.41, 5.74) is -3.42. The number of nitrogens with zero attached hydrogens (tertiary/aromatic N) is 5. The number of aromatic nitrogens is 3. The number of ether oxygens (including phenoxy) is 4. The van der Waals surface area contributed by atoms with Gasteiger partial charge < -0.3 is 18.9 Å². The van der Waals surface area contributed by atoms with Crippen molar-refractivity contribution in [1.82, 2.24) is 14.8 Å². The molecule has 21 nitrogen and oxygen atoms in total. The van der Waals surface area contributed by atoms with Gasteiger partial charge in [0.1, 0.15) is 24.5 Å². The standard InChI is InChI=1S/C31H24N6O15/c1-16-27(38)32-31(42)34(33-16)25-14-23(51-29(40)18-4-10-21(11-5-18)36(45)46)26(52-30(41)19-6-12-22(13-7-19)37(47)48)24(50-25)15-49-28(39)17-2-8-20(9-3-17)35(43)44/h2-13,23-26H,14-15H2,1H3,(H,32,38,42)/t23-,24-,25-,26-/m0/s1. The van der Waals surface area contributed by atoms with Crippen LogP contribution < -0.4 is 11.2 Å². The number of hydrogen-bond acceptors (Lipinski definition) is 16. The van der Waals surface area contributed by atoms with E-state index in [0.29, 0.717) is 0 Å². The minimum absolute atomic E-state index is 0.118. The number of hydrogen-bond donors (Lipinski definition) is 1. The summed E-state index contributed by atoms with van der Waals surface area (Å²) in [5, 5.41) is 37.2. The van der Waals surface area contributed by atoms with Gasteiger partial charge >= 0.3 is 23.6 Å². The molecule has 1 saturated heterocycles. The van der Waals surface area contributed by atoms with E-state index in [4.69, 9.17) is 18.9 Å². The van der Waals surface area contributed by atoms with Crippen LogP contribution in [-0.4, -0.2) is 72.4 Å². The zero-order chi connectivity index (χ0) is 37.7. The number of carbonyl (C=O) groups excluding carboxylic acids is 3. The first-order valence-corrected chi connectivity index (χ1v) is 14.9. The molecule has 3 aromatic carbocycles. The number of carbonyl (C=O) groups is 3. The molecular formula is C31H24N6O15. The summed E-state index contributed by atoms with van der Waals surface area (Å²) >= 11 is 0. The summed E-state index contributed by atoms with van der Waals surface area (Å²) in [6, 6.07) is 12.9. The Labute approximate surface area is 288 Å². The van der Waals surface area contributed by atoms with Gasteiger partial charge in [-0.25, -0.2) is 19.2 Å². The molecule has 1 aromatic heterocycles. The highest BCUT2D eigenvalue weighted by Gasteiger charge is 2.46. The summed E-state index contributed by atoms with van der Waals surface area (Å²) < 4.78 is 23.5. The van der Waals surface area contributed by atoms with E-state index in [1.165, 1.54) is 6.92 Å². The Balaban J connectivity index is 1.51. The van der Waals surface area contributed by atoms with Crippen molar-refractivity contribution in [3.8, 4) is 0 Å². The molecular weight excluding hydrogens is 696 g/mol. The van der Waals surface area contributed by atoms with Crippen molar-refractivity contribution in [1.29, 1.82) is 0 Å². The molecule has 0 bridgehead atoms. The number of rotatable bonds is 11. The van der Waals surface area contributed by atoms with Gasteiger partial charge in [-0.1, -0.05) is 0 Å². The number of esters is 3. The molecule has 1 aliphatic rings. The van der Waals surface area contributed by atoms with Gasteiger partial charge in [-0.05, 0) is 43.3 Å². The third-order valence-electron chi connectivity index (χ3n) is 7.61. The average Bonchev–Trinajstić information content (AvgIpc) is 3.12. The van der Waals surface area contributed by atoms with Crippen LogP contribution in [0.3, 0.4) is 0 Å². The molecule has 5 rings (SSSR count). The summed E-state index contributed by atoms with van der Waals surface area (Å²) in [6.07, 6.45) is -6.59. The maximum atomic E-state index is 13.4. The smallest absolute Gasteiger partial charge is 0.347 e. The van der Waals surface area contributed by atoms with Gasteiger partial charge in [0.25, 0.3) is 22.6 Å². The van der Waals surface area contributed by atoms with Crippen molar-refractivity contribution in [2.24, 2.45) is 0 Å². The third-order valence-corrected chi connectivity index (χ3v) is 7.61. The molecule has 0 unspecified atom stereocenters. The number of aromatic amines is 1. The molecule has 21 heteroatoms. The zero-order valence-electron chi connectivity index (χ0n) is 26.5. The van der Waals surface area contributed by atoms with Gasteiger partial charge in [-0.3, -0.25) is 40.1 Å². The molecule has 1 fully saturated rings. The molecule has 4 aromatic rings. The highest BCUT2D eigenvalue weighted by molar-refractivity contribution is 5.91. The molecule has 1 aliphatic heterocycles. The summed E-state index contributed by atoms with van der Waals surface area (Å²) in [6.45, 7) is 0.551. The maximum absolute atomic E-state index is 13.4. The maximum Gasteiger partial charge on any atom is 0.347 e. The second-order valence-electron chi connectivity index (χ2n) is 11.0. The molecule has 52 heavy (non-hydrogen) atoms. The van der Waals surface area contributed by atoms with Crippen LogP contribution in [-0.2, 0) is 18.9 Å². The number of benzene rings is 3. The monoisotopic (exact) mass is 720 g/mol. The van der Waals surface area contributed by atoms with Crippen molar-refractivity contribution in [3.63, 3.8) is 0 Å². The van der Waals surface area contributed by atoms with Gasteiger partial charge in [-0.15, -0.1) is 0 Å². The van der Waals surface area contributed by atoms with Crippen LogP contribution in [0.1, 0.15) is 49.4 Å². The highest BCUT2D eigenvalue weighted by atomic mass is 16.6. The molecule has 4 atom stereocenters. The average molecular weight is 721 g/mol. The Morgan fingerprint density at radius 3 is 1.67 bits per heavy atom. The first-order valence-electron chi connectivity index (χ1n) is 14.9. The van der Waals surface area contributed by atoms with Crippen LogP contribution in [0.25, 0.3) is 0 Å². The van der Waals surface area contributed by atoms with Gasteiger partial charge in [-0.2, -0.15) is 9.78 Å². The van der Waals surface area contributed by atoms with Crippen molar-refractivity contribution in [2.75, 3.05) is 6.61 Å². The summed E-state index contributed by atoms with van der Waals surface area (Å²) in [4.78, 5) is 97.8. The first-order chi connectivity index (χ1) is 24.7. The molecule has 2 heterocycles. The minimum atomic E-state index is -1.62. The van der Waals surface area contributed by atoms with E-state index in [1.54, 1.807) is 0 Å². The molecule has 268 valence electrons. The topological polar surface area (TPSA) is 285 Å². The van der Waals surface area contributed by atoms with Crippen LogP contribution in [0.15, 0.2) is 82.4 Å². The van der Waals surface area contributed by atoms with Crippen LogP contribution in [0.4, 0.5) is 17.1 Å². The Kier molecular flexibility index (Phi) is 10.5. The predicted octanol–water partition coefficient (Wildman–Crippen LogP) is 2.56. The number of aryl methyl sites for hydroxylation is 1. The lowest BCUT2D eigenvalue weighted by Gasteiger charge is -2.40. The number of nitro benzene ring substituents is 3. The van der Waals surface area contributed by atoms with Crippen LogP contribution in [0.5, 0.6) is 0 Å².